The van der Waals surface area contributed by atoms with Crippen molar-refractivity contribution < 1.29 is 4.74 Å². The van der Waals surface area contributed by atoms with Gasteiger partial charge >= 0.3 is 0 Å². The summed E-state index contributed by atoms with van der Waals surface area (Å²) in [5.74, 6) is 0.907. The van der Waals surface area contributed by atoms with Gasteiger partial charge in [-0.3, -0.25) is 0 Å². The first-order valence-corrected chi connectivity index (χ1v) is 6.39. The van der Waals surface area contributed by atoms with Gasteiger partial charge in [0.25, 0.3) is 0 Å². The van der Waals surface area contributed by atoms with Crippen LogP contribution in [0.3, 0.4) is 0 Å². The van der Waals surface area contributed by atoms with Gasteiger partial charge in [-0.05, 0) is 38.0 Å². The number of nitrogen functional groups attached to an aromatic ring is 1. The molecule has 4 heteroatoms. The predicted molar refractivity (Wildman–Crippen MR) is 71.5 cm³/mol. The normalized spacial score (nSPS) is 12.4. The first-order chi connectivity index (χ1) is 8.06. The number of nitrogens with two attached hydrogens (primary N) is 1. The first kappa shape index (κ1) is 11.9. The van der Waals surface area contributed by atoms with E-state index in [2.05, 4.69) is 24.0 Å². The number of hydrogen-bond donors (Lipinski definition) is 1. The molecule has 0 spiro atoms. The summed E-state index contributed by atoms with van der Waals surface area (Å²) in [6.07, 6.45) is -0.0796. The predicted octanol–water partition coefficient (Wildman–Crippen LogP) is 3.48. The Morgan fingerprint density at radius 2 is 2.12 bits per heavy atom. The smallest absolute Gasteiger partial charge is 0.180 e. The molecule has 0 radical (unpaired) electrons. The molecular formula is C13H16N2OS. The molecule has 17 heavy (non-hydrogen) atoms. The highest BCUT2D eigenvalue weighted by Crippen LogP contribution is 2.27. The Labute approximate surface area is 105 Å². The van der Waals surface area contributed by atoms with E-state index in [-0.39, 0.29) is 6.10 Å². The number of hydrogen-bond acceptors (Lipinski definition) is 4. The largest absolute Gasteiger partial charge is 0.484 e. The van der Waals surface area contributed by atoms with E-state index in [1.54, 1.807) is 0 Å². The van der Waals surface area contributed by atoms with Crippen molar-refractivity contribution in [3.05, 3.63) is 40.4 Å². The highest BCUT2D eigenvalue weighted by atomic mass is 32.1. The van der Waals surface area contributed by atoms with Crippen molar-refractivity contribution in [2.24, 2.45) is 0 Å². The molecule has 1 aromatic heterocycles. The van der Waals surface area contributed by atoms with E-state index in [1.807, 2.05) is 25.3 Å². The summed E-state index contributed by atoms with van der Waals surface area (Å²) in [5, 5.41) is 2.52. The van der Waals surface area contributed by atoms with E-state index < -0.39 is 0 Å². The van der Waals surface area contributed by atoms with Crippen LogP contribution in [0.4, 0.5) is 5.13 Å². The minimum atomic E-state index is -0.0796. The second kappa shape index (κ2) is 4.75. The second-order valence-electron chi connectivity index (χ2n) is 4.14. The Bertz CT molecular complexity index is 522. The first-order valence-electron chi connectivity index (χ1n) is 5.51. The molecule has 1 heterocycles. The SMILES string of the molecule is Cc1ccc(C)c(OC(C)c2csc(N)n2)c1. The number of aryl methyl sites for hydroxylation is 2. The molecule has 2 aromatic rings. The quantitative estimate of drug-likeness (QED) is 0.904. The lowest BCUT2D eigenvalue weighted by atomic mass is 10.1. The zero-order valence-electron chi connectivity index (χ0n) is 10.2. The molecule has 90 valence electrons. The van der Waals surface area contributed by atoms with Crippen molar-refractivity contribution in [2.45, 2.75) is 26.9 Å². The van der Waals surface area contributed by atoms with Gasteiger partial charge in [-0.1, -0.05) is 12.1 Å². The molecule has 1 aromatic carbocycles. The number of anilines is 1. The average molecular weight is 248 g/mol. The van der Waals surface area contributed by atoms with Gasteiger partial charge < -0.3 is 10.5 Å². The van der Waals surface area contributed by atoms with Crippen LogP contribution in [0.15, 0.2) is 23.6 Å². The number of ether oxygens (including phenoxy) is 1. The van der Waals surface area contributed by atoms with E-state index in [9.17, 15) is 0 Å². The Morgan fingerprint density at radius 3 is 2.76 bits per heavy atom. The van der Waals surface area contributed by atoms with Crippen LogP contribution in [0.1, 0.15) is 29.8 Å². The Kier molecular flexibility index (Phi) is 3.33. The number of benzene rings is 1. The molecule has 0 aliphatic heterocycles. The second-order valence-corrected chi connectivity index (χ2v) is 5.03. The van der Waals surface area contributed by atoms with E-state index in [0.717, 1.165) is 17.0 Å². The molecule has 3 nitrogen and oxygen atoms in total. The van der Waals surface area contributed by atoms with Gasteiger partial charge in [-0.25, -0.2) is 4.98 Å². The minimum Gasteiger partial charge on any atom is -0.484 e. The lowest BCUT2D eigenvalue weighted by molar-refractivity contribution is 0.221. The van der Waals surface area contributed by atoms with Crippen molar-refractivity contribution in [3.63, 3.8) is 0 Å². The Hall–Kier alpha value is -1.55. The van der Waals surface area contributed by atoms with Crippen molar-refractivity contribution in [1.29, 1.82) is 0 Å². The van der Waals surface area contributed by atoms with Crippen LogP contribution in [0.2, 0.25) is 0 Å². The zero-order chi connectivity index (χ0) is 12.4. The Morgan fingerprint density at radius 1 is 1.35 bits per heavy atom. The van der Waals surface area contributed by atoms with Crippen molar-refractivity contribution in [1.82, 2.24) is 4.98 Å². The summed E-state index contributed by atoms with van der Waals surface area (Å²) in [6.45, 7) is 6.07. The molecule has 0 saturated carbocycles. The fourth-order valence-corrected chi connectivity index (χ4v) is 2.22. The van der Waals surface area contributed by atoms with Crippen molar-refractivity contribution in [3.8, 4) is 5.75 Å². The molecule has 0 aliphatic carbocycles. The standard InChI is InChI=1S/C13H16N2OS/c1-8-4-5-9(2)12(6-8)16-10(3)11-7-17-13(14)15-11/h4-7,10H,1-3H3,(H2,14,15). The van der Waals surface area contributed by atoms with E-state index in [4.69, 9.17) is 10.5 Å². The number of thiazole rings is 1. The molecule has 0 aliphatic rings. The molecule has 1 atom stereocenters. The molecule has 1 unspecified atom stereocenters. The average Bonchev–Trinajstić information content (AvgIpc) is 2.70. The van der Waals surface area contributed by atoms with Crippen molar-refractivity contribution in [2.75, 3.05) is 5.73 Å². The molecular weight excluding hydrogens is 232 g/mol. The van der Waals surface area contributed by atoms with E-state index in [1.165, 1.54) is 16.9 Å². The Balaban J connectivity index is 2.18. The van der Waals surface area contributed by atoms with Crippen LogP contribution >= 0.6 is 11.3 Å². The van der Waals surface area contributed by atoms with Gasteiger partial charge in [0.1, 0.15) is 11.9 Å². The third-order valence-electron chi connectivity index (χ3n) is 2.60. The molecule has 0 amide bonds. The van der Waals surface area contributed by atoms with Crippen LogP contribution in [0.5, 0.6) is 5.75 Å². The topological polar surface area (TPSA) is 48.1 Å². The summed E-state index contributed by atoms with van der Waals surface area (Å²) < 4.78 is 5.91. The van der Waals surface area contributed by atoms with Gasteiger partial charge in [0.2, 0.25) is 0 Å². The monoisotopic (exact) mass is 248 g/mol. The van der Waals surface area contributed by atoms with Crippen LogP contribution in [-0.2, 0) is 0 Å². The number of aromatic nitrogens is 1. The van der Waals surface area contributed by atoms with E-state index in [0.29, 0.717) is 5.13 Å². The molecule has 2 N–H and O–H groups in total. The van der Waals surface area contributed by atoms with Crippen LogP contribution in [-0.4, -0.2) is 4.98 Å². The van der Waals surface area contributed by atoms with Gasteiger partial charge in [0.05, 0.1) is 5.69 Å². The third-order valence-corrected chi connectivity index (χ3v) is 3.30. The summed E-state index contributed by atoms with van der Waals surface area (Å²) >= 11 is 1.44. The van der Waals surface area contributed by atoms with Crippen molar-refractivity contribution >= 4 is 16.5 Å². The van der Waals surface area contributed by atoms with Gasteiger partial charge in [-0.15, -0.1) is 11.3 Å². The summed E-state index contributed by atoms with van der Waals surface area (Å²) in [4.78, 5) is 4.23. The van der Waals surface area contributed by atoms with Crippen LogP contribution in [0.25, 0.3) is 0 Å². The molecule has 0 bridgehead atoms. The maximum Gasteiger partial charge on any atom is 0.180 e. The molecule has 2 rings (SSSR count). The van der Waals surface area contributed by atoms with Crippen LogP contribution in [0, 0.1) is 13.8 Å². The number of nitrogens with zero attached hydrogens (tertiary/aromatic N) is 1. The minimum absolute atomic E-state index is 0.0796. The highest BCUT2D eigenvalue weighted by Gasteiger charge is 2.12. The van der Waals surface area contributed by atoms with E-state index >= 15 is 0 Å². The molecule has 0 saturated heterocycles. The number of rotatable bonds is 3. The van der Waals surface area contributed by atoms with Gasteiger partial charge in [0.15, 0.2) is 5.13 Å². The third kappa shape index (κ3) is 2.77. The zero-order valence-corrected chi connectivity index (χ0v) is 11.0. The van der Waals surface area contributed by atoms with Gasteiger partial charge in [0, 0.05) is 5.38 Å². The fourth-order valence-electron chi connectivity index (χ4n) is 1.57. The lowest BCUT2D eigenvalue weighted by Crippen LogP contribution is -2.05. The summed E-state index contributed by atoms with van der Waals surface area (Å²) in [5.41, 5.74) is 8.82. The summed E-state index contributed by atoms with van der Waals surface area (Å²) in [6, 6.07) is 6.18. The fraction of sp³-hybridized carbons (Fsp3) is 0.308. The highest BCUT2D eigenvalue weighted by molar-refractivity contribution is 7.13. The van der Waals surface area contributed by atoms with Crippen LogP contribution < -0.4 is 10.5 Å². The maximum absolute atomic E-state index is 5.91. The maximum atomic E-state index is 5.91. The van der Waals surface area contributed by atoms with Gasteiger partial charge in [-0.2, -0.15) is 0 Å². The summed E-state index contributed by atoms with van der Waals surface area (Å²) in [7, 11) is 0. The lowest BCUT2D eigenvalue weighted by Gasteiger charge is -2.15. The molecule has 0 fully saturated rings.